The molecule has 1 aliphatic heterocycles. The molecule has 10 N–H and O–H groups in total. The predicted molar refractivity (Wildman–Crippen MR) is 107 cm³/mol. The van der Waals surface area contributed by atoms with Crippen molar-refractivity contribution >= 4 is 40.4 Å². The molecule has 2 aromatic rings. The van der Waals surface area contributed by atoms with E-state index in [1.54, 1.807) is 5.09 Å². The van der Waals surface area contributed by atoms with Gasteiger partial charge in [-0.15, -0.1) is 4.86 Å². The molecule has 3 rings (SSSR count). The van der Waals surface area contributed by atoms with Crippen LogP contribution in [0.4, 0.5) is 5.95 Å². The summed E-state index contributed by atoms with van der Waals surface area (Å²) in [6, 6.07) is 0. The zero-order chi connectivity index (χ0) is 24.8. The standard InChI is InChI=1S/C11H20N7O12P3/c1-13-31(22,23)17-32(24,25)30-33(26,27)28-2-4-6(19)7(20)10(29-4)18-3-14-5-8(18)15-11(12)16-9(5)21/h3-4,6-7,10,19-20H,2H2,1H3,(H,26,27)(H3,12,15,16,21)(H4,13,17,22,23,24,25)/t4-,6-,7-,10-/m1/s1. The van der Waals surface area contributed by atoms with Crippen LogP contribution in [-0.4, -0.2) is 76.4 Å². The third kappa shape index (κ3) is 5.93. The minimum Gasteiger partial charge on any atom is -0.387 e. The van der Waals surface area contributed by atoms with Gasteiger partial charge in [-0.05, 0) is 7.05 Å². The number of nitrogens with one attached hydrogen (secondary N) is 3. The topological polar surface area (TPSA) is 294 Å². The number of anilines is 1. The van der Waals surface area contributed by atoms with Gasteiger partial charge in [-0.1, -0.05) is 0 Å². The lowest BCUT2D eigenvalue weighted by Crippen LogP contribution is -2.33. The molecule has 0 saturated carbocycles. The average Bonchev–Trinajstić information content (AvgIpc) is 3.20. The van der Waals surface area contributed by atoms with Crippen molar-refractivity contribution in [2.45, 2.75) is 24.5 Å². The van der Waals surface area contributed by atoms with Crippen LogP contribution in [0.1, 0.15) is 6.23 Å². The zero-order valence-corrected chi connectivity index (χ0v) is 19.1. The van der Waals surface area contributed by atoms with Crippen molar-refractivity contribution < 1.29 is 52.2 Å². The molecular weight excluding hydrogens is 515 g/mol. The van der Waals surface area contributed by atoms with Gasteiger partial charge < -0.3 is 35.4 Å². The molecule has 0 radical (unpaired) electrons. The van der Waals surface area contributed by atoms with Crippen LogP contribution < -0.4 is 21.2 Å². The second-order valence-electron chi connectivity index (χ2n) is 6.59. The van der Waals surface area contributed by atoms with Gasteiger partial charge in [0.2, 0.25) is 5.95 Å². The number of aromatic nitrogens is 4. The summed E-state index contributed by atoms with van der Waals surface area (Å²) in [5.41, 5.74) is 4.59. The number of rotatable bonds is 9. The number of ether oxygens (including phenoxy) is 1. The van der Waals surface area contributed by atoms with Gasteiger partial charge in [-0.2, -0.15) is 9.29 Å². The first-order valence-electron chi connectivity index (χ1n) is 8.71. The third-order valence-electron chi connectivity index (χ3n) is 4.24. The van der Waals surface area contributed by atoms with Gasteiger partial charge in [-0.25, -0.2) is 19.2 Å². The molecule has 1 saturated heterocycles. The lowest BCUT2D eigenvalue weighted by atomic mass is 10.1. The van der Waals surface area contributed by atoms with Crippen molar-refractivity contribution in [3.8, 4) is 0 Å². The summed E-state index contributed by atoms with van der Waals surface area (Å²) in [5.74, 6) is -0.256. The number of phosphoric acid groups is 1. The first-order valence-corrected chi connectivity index (χ1v) is 13.4. The van der Waals surface area contributed by atoms with Gasteiger partial charge in [0.15, 0.2) is 17.4 Å². The maximum absolute atomic E-state index is 12.0. The maximum atomic E-state index is 12.0. The highest BCUT2D eigenvalue weighted by molar-refractivity contribution is 7.72. The van der Waals surface area contributed by atoms with Gasteiger partial charge in [0.25, 0.3) is 5.56 Å². The Hall–Kier alpha value is -1.56. The maximum Gasteiger partial charge on any atom is 0.480 e. The van der Waals surface area contributed by atoms with E-state index in [1.165, 1.54) is 4.86 Å². The molecule has 3 unspecified atom stereocenters. The van der Waals surface area contributed by atoms with Crippen LogP contribution in [0.25, 0.3) is 11.2 Å². The van der Waals surface area contributed by atoms with Gasteiger partial charge in [0, 0.05) is 0 Å². The first kappa shape index (κ1) is 26.1. The lowest BCUT2D eigenvalue weighted by Gasteiger charge is -2.20. The Morgan fingerprint density at radius 1 is 1.27 bits per heavy atom. The molecule has 3 heterocycles. The normalized spacial score (nSPS) is 28.9. The van der Waals surface area contributed by atoms with Crippen LogP contribution in [0.3, 0.4) is 0 Å². The molecule has 186 valence electrons. The van der Waals surface area contributed by atoms with Crippen molar-refractivity contribution in [3.63, 3.8) is 0 Å². The minimum absolute atomic E-state index is 0.0875. The summed E-state index contributed by atoms with van der Waals surface area (Å²) in [6.45, 7) is -0.936. The molecular formula is C11H20N7O12P3. The Balaban J connectivity index is 1.71. The number of imidazole rings is 1. The van der Waals surface area contributed by atoms with Gasteiger partial charge in [0.1, 0.15) is 18.3 Å². The number of nitrogen functional groups attached to an aromatic ring is 1. The molecule has 7 atom stereocenters. The fourth-order valence-corrected chi connectivity index (χ4v) is 6.68. The Bertz CT molecular complexity index is 1230. The fourth-order valence-electron chi connectivity index (χ4n) is 2.80. The summed E-state index contributed by atoms with van der Waals surface area (Å²) in [4.78, 5) is 51.4. The van der Waals surface area contributed by atoms with Crippen molar-refractivity contribution in [2.75, 3.05) is 19.4 Å². The highest BCUT2D eigenvalue weighted by Crippen LogP contribution is 2.61. The molecule has 0 spiro atoms. The molecule has 33 heavy (non-hydrogen) atoms. The summed E-state index contributed by atoms with van der Waals surface area (Å²) >= 11 is 0. The number of fused-ring (bicyclic) bond motifs is 1. The number of aromatic amines is 1. The minimum atomic E-state index is -5.34. The van der Waals surface area contributed by atoms with Gasteiger partial charge in [-0.3, -0.25) is 23.4 Å². The molecule has 1 fully saturated rings. The van der Waals surface area contributed by atoms with Crippen LogP contribution in [0.5, 0.6) is 0 Å². The zero-order valence-electron chi connectivity index (χ0n) is 16.4. The second-order valence-corrected chi connectivity index (χ2v) is 11.9. The summed E-state index contributed by atoms with van der Waals surface area (Å²) in [5, 5.41) is 22.3. The van der Waals surface area contributed by atoms with Crippen molar-refractivity contribution in [1.29, 1.82) is 0 Å². The smallest absolute Gasteiger partial charge is 0.387 e. The van der Waals surface area contributed by atoms with E-state index in [0.29, 0.717) is 0 Å². The number of hydrogen-bond donors (Lipinski definition) is 9. The number of aliphatic hydroxyl groups excluding tert-OH is 2. The Morgan fingerprint density at radius 3 is 2.58 bits per heavy atom. The Labute approximate surface area is 183 Å². The average molecular weight is 535 g/mol. The summed E-state index contributed by atoms with van der Waals surface area (Å²) in [6.07, 6.45) is -5.13. The summed E-state index contributed by atoms with van der Waals surface area (Å²) < 4.78 is 50.2. The van der Waals surface area contributed by atoms with E-state index < -0.39 is 59.9 Å². The van der Waals surface area contributed by atoms with Crippen LogP contribution in [0.2, 0.25) is 0 Å². The van der Waals surface area contributed by atoms with E-state index in [2.05, 4.69) is 23.8 Å². The molecule has 22 heteroatoms. The predicted octanol–water partition coefficient (Wildman–Crippen LogP) is -2.54. The molecule has 2 aromatic heterocycles. The van der Waals surface area contributed by atoms with Crippen LogP contribution in [-0.2, 0) is 27.3 Å². The molecule has 0 bridgehead atoms. The van der Waals surface area contributed by atoms with E-state index in [0.717, 1.165) is 17.9 Å². The number of nitrogens with two attached hydrogens (primary N) is 1. The molecule has 0 aliphatic carbocycles. The van der Waals surface area contributed by atoms with Crippen molar-refractivity contribution in [3.05, 3.63) is 16.7 Å². The highest BCUT2D eigenvalue weighted by atomic mass is 31.3. The summed E-state index contributed by atoms with van der Waals surface area (Å²) in [7, 11) is -14.3. The number of H-pyrrole nitrogens is 1. The monoisotopic (exact) mass is 535 g/mol. The molecule has 0 amide bonds. The van der Waals surface area contributed by atoms with Crippen LogP contribution >= 0.6 is 23.2 Å². The van der Waals surface area contributed by atoms with E-state index in [4.69, 9.17) is 10.5 Å². The second kappa shape index (κ2) is 9.24. The van der Waals surface area contributed by atoms with Crippen molar-refractivity contribution in [1.82, 2.24) is 29.5 Å². The Kier molecular flexibility index (Phi) is 7.29. The lowest BCUT2D eigenvalue weighted by molar-refractivity contribution is -0.0501. The van der Waals surface area contributed by atoms with Gasteiger partial charge in [0.05, 0.1) is 12.9 Å². The van der Waals surface area contributed by atoms with E-state index in [1.807, 2.05) is 0 Å². The third-order valence-corrected chi connectivity index (χ3v) is 9.13. The van der Waals surface area contributed by atoms with Gasteiger partial charge >= 0.3 is 23.2 Å². The number of nitrogens with zero attached hydrogens (tertiary/aromatic N) is 3. The SMILES string of the molecule is CNP(=O)(O)NP(=O)(O)OP(=O)(O)OC[C@H]1O[C@@H](n2cnc3c(=O)[nH]c(N)nc32)[C@H](O)[C@@H]1O. The van der Waals surface area contributed by atoms with Crippen molar-refractivity contribution in [2.24, 2.45) is 0 Å². The number of aliphatic hydroxyl groups is 2. The first-order chi connectivity index (χ1) is 15.1. The Morgan fingerprint density at radius 2 is 1.94 bits per heavy atom. The quantitative estimate of drug-likeness (QED) is 0.149. The number of hydrogen-bond acceptors (Lipinski definition) is 12. The van der Waals surface area contributed by atoms with E-state index in [-0.39, 0.29) is 17.1 Å². The highest BCUT2D eigenvalue weighted by Gasteiger charge is 2.46. The van der Waals surface area contributed by atoms with Crippen LogP contribution in [0, 0.1) is 0 Å². The molecule has 19 nitrogen and oxygen atoms in total. The van der Waals surface area contributed by atoms with E-state index in [9.17, 15) is 43.4 Å². The fraction of sp³-hybridized carbons (Fsp3) is 0.545. The number of phosphoric ester groups is 1. The molecule has 0 aromatic carbocycles. The van der Waals surface area contributed by atoms with Crippen LogP contribution in [0.15, 0.2) is 11.1 Å². The molecule has 1 aliphatic rings. The van der Waals surface area contributed by atoms with E-state index >= 15 is 0 Å². The largest absolute Gasteiger partial charge is 0.480 e.